The molecule has 1 aromatic heterocycles. The summed E-state index contributed by atoms with van der Waals surface area (Å²) in [7, 11) is 0. The van der Waals surface area contributed by atoms with E-state index in [1.807, 2.05) is 23.6 Å². The molecule has 0 aliphatic rings. The number of hydrazine groups is 1. The molecule has 1 aromatic carbocycles. The standard InChI is InChI=1S/C16H13N3O3S/c17-10-12-4-1-2-6-14(12)22-11-16(21)19-18-15(20)8-7-13-5-3-9-23-13/h1-9H,11H2,(H,18,20)(H,19,21)/b8-7+. The molecule has 0 fully saturated rings. The summed E-state index contributed by atoms with van der Waals surface area (Å²) in [6.45, 7) is -0.312. The number of nitrogens with one attached hydrogen (secondary N) is 2. The fraction of sp³-hybridized carbons (Fsp3) is 0.0625. The lowest BCUT2D eigenvalue weighted by Crippen LogP contribution is -2.43. The molecule has 2 aromatic rings. The Kier molecular flexibility index (Phi) is 5.91. The maximum atomic E-state index is 11.6. The molecule has 1 heterocycles. The monoisotopic (exact) mass is 327 g/mol. The Labute approximate surface area is 137 Å². The largest absolute Gasteiger partial charge is 0.482 e. The number of amides is 2. The summed E-state index contributed by atoms with van der Waals surface area (Å²) in [6, 6.07) is 12.3. The highest BCUT2D eigenvalue weighted by Crippen LogP contribution is 2.16. The molecule has 2 rings (SSSR count). The lowest BCUT2D eigenvalue weighted by Gasteiger charge is -2.08. The Balaban J connectivity index is 1.75. The molecule has 7 heteroatoms. The zero-order valence-corrected chi connectivity index (χ0v) is 12.8. The highest BCUT2D eigenvalue weighted by atomic mass is 32.1. The minimum Gasteiger partial charge on any atom is -0.482 e. The van der Waals surface area contributed by atoms with Crippen LogP contribution >= 0.6 is 11.3 Å². The number of nitriles is 1. The van der Waals surface area contributed by atoms with Gasteiger partial charge in [-0.2, -0.15) is 5.26 Å². The molecule has 2 N–H and O–H groups in total. The average molecular weight is 327 g/mol. The van der Waals surface area contributed by atoms with Gasteiger partial charge in [-0.15, -0.1) is 11.3 Å². The van der Waals surface area contributed by atoms with E-state index in [1.54, 1.807) is 30.3 Å². The molecule has 23 heavy (non-hydrogen) atoms. The highest BCUT2D eigenvalue weighted by Gasteiger charge is 2.06. The first kappa shape index (κ1) is 16.3. The highest BCUT2D eigenvalue weighted by molar-refractivity contribution is 7.10. The second-order valence-corrected chi connectivity index (χ2v) is 5.26. The van der Waals surface area contributed by atoms with Crippen LogP contribution < -0.4 is 15.6 Å². The third kappa shape index (κ3) is 5.30. The van der Waals surface area contributed by atoms with Gasteiger partial charge in [0.05, 0.1) is 5.56 Å². The molecule has 0 saturated heterocycles. The Morgan fingerprint density at radius 2 is 2.04 bits per heavy atom. The third-order valence-electron chi connectivity index (χ3n) is 2.63. The van der Waals surface area contributed by atoms with Gasteiger partial charge < -0.3 is 4.74 Å². The second kappa shape index (κ2) is 8.36. The minimum atomic E-state index is -0.532. The van der Waals surface area contributed by atoms with Crippen LogP contribution in [0.2, 0.25) is 0 Å². The van der Waals surface area contributed by atoms with Crippen molar-refractivity contribution < 1.29 is 14.3 Å². The maximum absolute atomic E-state index is 11.6. The van der Waals surface area contributed by atoms with Crippen LogP contribution in [0.4, 0.5) is 0 Å². The lowest BCUT2D eigenvalue weighted by molar-refractivity contribution is -0.128. The summed E-state index contributed by atoms with van der Waals surface area (Å²) < 4.78 is 5.24. The first-order chi connectivity index (χ1) is 11.2. The molecule has 0 radical (unpaired) electrons. The van der Waals surface area contributed by atoms with Gasteiger partial charge in [-0.25, -0.2) is 0 Å². The predicted octanol–water partition coefficient (Wildman–Crippen LogP) is 1.86. The van der Waals surface area contributed by atoms with E-state index in [1.165, 1.54) is 17.4 Å². The average Bonchev–Trinajstić information content (AvgIpc) is 3.10. The number of carbonyl (C=O) groups is 2. The Morgan fingerprint density at radius 1 is 1.22 bits per heavy atom. The van der Waals surface area contributed by atoms with Gasteiger partial charge in [0.25, 0.3) is 11.8 Å². The fourth-order valence-electron chi connectivity index (χ4n) is 1.58. The SMILES string of the molecule is N#Cc1ccccc1OCC(=O)NNC(=O)/C=C/c1cccs1. The van der Waals surface area contributed by atoms with Crippen LogP contribution in [0.1, 0.15) is 10.4 Å². The first-order valence-corrected chi connectivity index (χ1v) is 7.49. The van der Waals surface area contributed by atoms with Crippen molar-refractivity contribution in [1.29, 1.82) is 5.26 Å². The van der Waals surface area contributed by atoms with Gasteiger partial charge in [-0.1, -0.05) is 18.2 Å². The molecule has 116 valence electrons. The summed E-state index contributed by atoms with van der Waals surface area (Å²) in [5.74, 6) is -0.672. The molecular formula is C16H13N3O3S. The van der Waals surface area contributed by atoms with Crippen molar-refractivity contribution in [1.82, 2.24) is 10.9 Å². The van der Waals surface area contributed by atoms with Gasteiger partial charge in [-0.3, -0.25) is 20.4 Å². The van der Waals surface area contributed by atoms with E-state index >= 15 is 0 Å². The minimum absolute atomic E-state index is 0.312. The number of thiophene rings is 1. The third-order valence-corrected chi connectivity index (χ3v) is 3.47. The topological polar surface area (TPSA) is 91.2 Å². The molecular weight excluding hydrogens is 314 g/mol. The quantitative estimate of drug-likeness (QED) is 0.648. The van der Waals surface area contributed by atoms with Crippen molar-refractivity contribution in [2.45, 2.75) is 0 Å². The van der Waals surface area contributed by atoms with Gasteiger partial charge in [0.15, 0.2) is 6.61 Å². The normalized spacial score (nSPS) is 10.0. The zero-order valence-electron chi connectivity index (χ0n) is 12.0. The molecule has 0 aliphatic heterocycles. The van der Waals surface area contributed by atoms with Crippen molar-refractivity contribution in [3.05, 3.63) is 58.3 Å². The van der Waals surface area contributed by atoms with Crippen LogP contribution in [0, 0.1) is 11.3 Å². The van der Waals surface area contributed by atoms with Gasteiger partial charge in [0.2, 0.25) is 0 Å². The number of para-hydroxylation sites is 1. The molecule has 0 aliphatic carbocycles. The number of rotatable bonds is 5. The van der Waals surface area contributed by atoms with Crippen LogP contribution in [0.15, 0.2) is 47.9 Å². The van der Waals surface area contributed by atoms with Gasteiger partial charge in [0.1, 0.15) is 11.8 Å². The Bertz CT molecular complexity index is 748. The maximum Gasteiger partial charge on any atom is 0.276 e. The van der Waals surface area contributed by atoms with E-state index in [2.05, 4.69) is 10.9 Å². The fourth-order valence-corrected chi connectivity index (χ4v) is 2.20. The molecule has 6 nitrogen and oxygen atoms in total. The van der Waals surface area contributed by atoms with Gasteiger partial charge in [-0.05, 0) is 29.7 Å². The van der Waals surface area contributed by atoms with E-state index in [4.69, 9.17) is 10.00 Å². The van der Waals surface area contributed by atoms with E-state index in [9.17, 15) is 9.59 Å². The lowest BCUT2D eigenvalue weighted by atomic mass is 10.2. The summed E-state index contributed by atoms with van der Waals surface area (Å²) in [5.41, 5.74) is 4.81. The summed E-state index contributed by atoms with van der Waals surface area (Å²) in [4.78, 5) is 24.1. The summed E-state index contributed by atoms with van der Waals surface area (Å²) in [6.07, 6.45) is 2.96. The second-order valence-electron chi connectivity index (χ2n) is 4.28. The molecule has 0 unspecified atom stereocenters. The van der Waals surface area contributed by atoms with Crippen LogP contribution in [-0.4, -0.2) is 18.4 Å². The number of benzene rings is 1. The van der Waals surface area contributed by atoms with Crippen molar-refractivity contribution in [3.8, 4) is 11.8 Å². The zero-order chi connectivity index (χ0) is 16.5. The molecule has 0 bridgehead atoms. The predicted molar refractivity (Wildman–Crippen MR) is 86.3 cm³/mol. The van der Waals surface area contributed by atoms with Crippen LogP contribution in [0.3, 0.4) is 0 Å². The Morgan fingerprint density at radius 3 is 2.78 bits per heavy atom. The number of hydrogen-bond acceptors (Lipinski definition) is 5. The molecule has 2 amide bonds. The van der Waals surface area contributed by atoms with E-state index in [0.717, 1.165) is 4.88 Å². The number of hydrogen-bond donors (Lipinski definition) is 2. The summed E-state index contributed by atoms with van der Waals surface area (Å²) >= 11 is 1.50. The van der Waals surface area contributed by atoms with Gasteiger partial charge >= 0.3 is 0 Å². The van der Waals surface area contributed by atoms with Crippen LogP contribution in [0.5, 0.6) is 5.75 Å². The molecule has 0 atom stereocenters. The van der Waals surface area contributed by atoms with E-state index in [0.29, 0.717) is 11.3 Å². The van der Waals surface area contributed by atoms with E-state index < -0.39 is 11.8 Å². The molecule has 0 saturated carbocycles. The van der Waals surface area contributed by atoms with Crippen molar-refractivity contribution >= 4 is 29.2 Å². The van der Waals surface area contributed by atoms with Crippen molar-refractivity contribution in [2.75, 3.05) is 6.61 Å². The summed E-state index contributed by atoms with van der Waals surface area (Å²) in [5, 5.41) is 10.8. The van der Waals surface area contributed by atoms with Crippen molar-refractivity contribution in [2.24, 2.45) is 0 Å². The van der Waals surface area contributed by atoms with E-state index in [-0.39, 0.29) is 6.61 Å². The number of ether oxygens (including phenoxy) is 1. The number of nitrogens with zero attached hydrogens (tertiary/aromatic N) is 1. The van der Waals surface area contributed by atoms with Crippen LogP contribution in [0.25, 0.3) is 6.08 Å². The number of carbonyl (C=O) groups excluding carboxylic acids is 2. The van der Waals surface area contributed by atoms with Gasteiger partial charge in [0, 0.05) is 11.0 Å². The van der Waals surface area contributed by atoms with Crippen LogP contribution in [-0.2, 0) is 9.59 Å². The Hall–Kier alpha value is -3.11. The molecule has 0 spiro atoms. The van der Waals surface area contributed by atoms with Crippen molar-refractivity contribution in [3.63, 3.8) is 0 Å². The first-order valence-electron chi connectivity index (χ1n) is 6.61. The smallest absolute Gasteiger partial charge is 0.276 e.